The van der Waals surface area contributed by atoms with Crippen molar-refractivity contribution in [2.45, 2.75) is 33.2 Å². The summed E-state index contributed by atoms with van der Waals surface area (Å²) in [5.74, 6) is 1.34. The summed E-state index contributed by atoms with van der Waals surface area (Å²) in [6, 6.07) is 0. The summed E-state index contributed by atoms with van der Waals surface area (Å²) in [5, 5.41) is 3.29. The van der Waals surface area contributed by atoms with Crippen molar-refractivity contribution in [1.82, 2.24) is 14.9 Å². The van der Waals surface area contributed by atoms with E-state index in [4.69, 9.17) is 10.5 Å². The first-order valence-corrected chi connectivity index (χ1v) is 7.87. The molecule has 1 amide bonds. The minimum Gasteiger partial charge on any atom is -0.450 e. The Kier molecular flexibility index (Phi) is 5.12. The van der Waals surface area contributed by atoms with Gasteiger partial charge < -0.3 is 25.6 Å². The third kappa shape index (κ3) is 4.37. The highest BCUT2D eigenvalue weighted by Gasteiger charge is 2.25. The van der Waals surface area contributed by atoms with E-state index >= 15 is 0 Å². The average Bonchev–Trinajstić information content (AvgIpc) is 2.49. The Bertz CT molecular complexity index is 549. The molecule has 1 aliphatic rings. The maximum atomic E-state index is 11.7. The zero-order valence-corrected chi connectivity index (χ0v) is 14.3. The van der Waals surface area contributed by atoms with Gasteiger partial charge >= 0.3 is 6.09 Å². The van der Waals surface area contributed by atoms with Crippen molar-refractivity contribution in [2.75, 3.05) is 48.7 Å². The number of carbonyl (C=O) groups excluding carboxylic acids is 1. The van der Waals surface area contributed by atoms with Gasteiger partial charge in [-0.15, -0.1) is 0 Å². The number of anilines is 3. The van der Waals surface area contributed by atoms with E-state index in [2.05, 4.69) is 20.2 Å². The number of amides is 1. The SMILES string of the molecule is CCOC(=O)N1CCN(c2ncnc(NC(C)(C)C)c2N)CC1. The molecule has 0 aliphatic carbocycles. The van der Waals surface area contributed by atoms with E-state index in [1.807, 2.05) is 20.8 Å². The molecule has 2 rings (SSSR count). The van der Waals surface area contributed by atoms with Crippen LogP contribution in [0, 0.1) is 0 Å². The Morgan fingerprint density at radius 1 is 1.30 bits per heavy atom. The molecule has 3 N–H and O–H groups in total. The van der Waals surface area contributed by atoms with Gasteiger partial charge in [-0.05, 0) is 27.7 Å². The molecule has 0 atom stereocenters. The molecule has 2 heterocycles. The van der Waals surface area contributed by atoms with E-state index in [1.54, 1.807) is 11.8 Å². The summed E-state index contributed by atoms with van der Waals surface area (Å²) in [4.78, 5) is 24.1. The highest BCUT2D eigenvalue weighted by atomic mass is 16.6. The van der Waals surface area contributed by atoms with Gasteiger partial charge in [0.1, 0.15) is 12.0 Å². The molecule has 1 fully saturated rings. The summed E-state index contributed by atoms with van der Waals surface area (Å²) in [6.07, 6.45) is 1.25. The van der Waals surface area contributed by atoms with Gasteiger partial charge in [0.25, 0.3) is 0 Å². The van der Waals surface area contributed by atoms with E-state index in [1.165, 1.54) is 6.33 Å². The number of aromatic nitrogens is 2. The van der Waals surface area contributed by atoms with Crippen LogP contribution in [0.3, 0.4) is 0 Å². The van der Waals surface area contributed by atoms with Crippen LogP contribution in [0.1, 0.15) is 27.7 Å². The van der Waals surface area contributed by atoms with E-state index in [0.29, 0.717) is 50.1 Å². The minimum absolute atomic E-state index is 0.137. The molecule has 8 heteroatoms. The van der Waals surface area contributed by atoms with Crippen molar-refractivity contribution in [3.63, 3.8) is 0 Å². The van der Waals surface area contributed by atoms with Crippen LogP contribution >= 0.6 is 0 Å². The fourth-order valence-corrected chi connectivity index (χ4v) is 2.41. The van der Waals surface area contributed by atoms with Crippen molar-refractivity contribution >= 4 is 23.4 Å². The summed E-state index contributed by atoms with van der Waals surface area (Å²) in [5.41, 5.74) is 6.63. The van der Waals surface area contributed by atoms with E-state index in [0.717, 1.165) is 0 Å². The second-order valence-corrected chi connectivity index (χ2v) is 6.51. The van der Waals surface area contributed by atoms with Gasteiger partial charge in [0.15, 0.2) is 11.6 Å². The molecule has 1 saturated heterocycles. The van der Waals surface area contributed by atoms with Gasteiger partial charge in [0.2, 0.25) is 0 Å². The molecule has 0 bridgehead atoms. The number of hydrogen-bond donors (Lipinski definition) is 2. The maximum Gasteiger partial charge on any atom is 0.409 e. The first-order chi connectivity index (χ1) is 10.8. The first-order valence-electron chi connectivity index (χ1n) is 7.87. The Hall–Kier alpha value is -2.25. The fraction of sp³-hybridized carbons (Fsp3) is 0.667. The minimum atomic E-state index is -0.266. The molecule has 0 saturated carbocycles. The van der Waals surface area contributed by atoms with Crippen LogP contribution in [-0.4, -0.2) is 59.3 Å². The summed E-state index contributed by atoms with van der Waals surface area (Å²) in [7, 11) is 0. The largest absolute Gasteiger partial charge is 0.450 e. The van der Waals surface area contributed by atoms with Crippen LogP contribution in [0.4, 0.5) is 22.1 Å². The quantitative estimate of drug-likeness (QED) is 0.871. The van der Waals surface area contributed by atoms with E-state index < -0.39 is 0 Å². The highest BCUT2D eigenvalue weighted by Crippen LogP contribution is 2.28. The Labute approximate surface area is 137 Å². The lowest BCUT2D eigenvalue weighted by Gasteiger charge is -2.35. The molecule has 0 unspecified atom stereocenters. The predicted octanol–water partition coefficient (Wildman–Crippen LogP) is 1.55. The summed E-state index contributed by atoms with van der Waals surface area (Å²) in [6.45, 7) is 10.8. The normalized spacial score (nSPS) is 15.5. The van der Waals surface area contributed by atoms with Crippen molar-refractivity contribution < 1.29 is 9.53 Å². The Morgan fingerprint density at radius 2 is 1.96 bits per heavy atom. The fourth-order valence-electron chi connectivity index (χ4n) is 2.41. The van der Waals surface area contributed by atoms with E-state index in [-0.39, 0.29) is 11.6 Å². The van der Waals surface area contributed by atoms with Crippen LogP contribution in [0.25, 0.3) is 0 Å². The highest BCUT2D eigenvalue weighted by molar-refractivity contribution is 5.75. The van der Waals surface area contributed by atoms with Crippen molar-refractivity contribution in [3.8, 4) is 0 Å². The van der Waals surface area contributed by atoms with Crippen LogP contribution in [0.15, 0.2) is 6.33 Å². The molecular formula is C15H26N6O2. The number of carbonyl (C=O) groups is 1. The topological polar surface area (TPSA) is 96.6 Å². The van der Waals surface area contributed by atoms with Crippen LogP contribution < -0.4 is 16.0 Å². The predicted molar refractivity (Wildman–Crippen MR) is 90.6 cm³/mol. The molecule has 0 radical (unpaired) electrons. The number of ether oxygens (including phenoxy) is 1. The van der Waals surface area contributed by atoms with Gasteiger partial charge in [0.05, 0.1) is 6.61 Å². The Morgan fingerprint density at radius 3 is 2.52 bits per heavy atom. The molecule has 128 valence electrons. The first kappa shape index (κ1) is 17.1. The maximum absolute atomic E-state index is 11.7. The number of piperazine rings is 1. The van der Waals surface area contributed by atoms with Gasteiger partial charge in [-0.25, -0.2) is 14.8 Å². The molecule has 0 spiro atoms. The van der Waals surface area contributed by atoms with Crippen LogP contribution in [-0.2, 0) is 4.74 Å². The average molecular weight is 322 g/mol. The smallest absolute Gasteiger partial charge is 0.409 e. The molecule has 1 aromatic rings. The van der Waals surface area contributed by atoms with Crippen LogP contribution in [0.5, 0.6) is 0 Å². The lowest BCUT2D eigenvalue weighted by Crippen LogP contribution is -2.49. The third-order valence-corrected chi connectivity index (χ3v) is 3.46. The number of nitrogens with two attached hydrogens (primary N) is 1. The molecular weight excluding hydrogens is 296 g/mol. The van der Waals surface area contributed by atoms with Crippen molar-refractivity contribution in [1.29, 1.82) is 0 Å². The molecule has 23 heavy (non-hydrogen) atoms. The third-order valence-electron chi connectivity index (χ3n) is 3.46. The van der Waals surface area contributed by atoms with Crippen molar-refractivity contribution in [3.05, 3.63) is 6.33 Å². The van der Waals surface area contributed by atoms with E-state index in [9.17, 15) is 4.79 Å². The second-order valence-electron chi connectivity index (χ2n) is 6.51. The lowest BCUT2D eigenvalue weighted by molar-refractivity contribution is 0.105. The monoisotopic (exact) mass is 322 g/mol. The molecule has 1 aromatic heterocycles. The summed E-state index contributed by atoms with van der Waals surface area (Å²) < 4.78 is 5.03. The second kappa shape index (κ2) is 6.89. The molecule has 1 aliphatic heterocycles. The van der Waals surface area contributed by atoms with Gasteiger partial charge in [0, 0.05) is 31.7 Å². The molecule has 0 aromatic carbocycles. The number of hydrogen-bond acceptors (Lipinski definition) is 7. The van der Waals surface area contributed by atoms with Gasteiger partial charge in [-0.3, -0.25) is 0 Å². The molecule has 8 nitrogen and oxygen atoms in total. The van der Waals surface area contributed by atoms with Crippen LogP contribution in [0.2, 0.25) is 0 Å². The van der Waals surface area contributed by atoms with Crippen molar-refractivity contribution in [2.24, 2.45) is 0 Å². The summed E-state index contributed by atoms with van der Waals surface area (Å²) >= 11 is 0. The zero-order chi connectivity index (χ0) is 17.0. The lowest BCUT2D eigenvalue weighted by atomic mass is 10.1. The number of nitrogens with zero attached hydrogens (tertiary/aromatic N) is 4. The number of nitrogen functional groups attached to an aromatic ring is 1. The standard InChI is InChI=1S/C15H26N6O2/c1-5-23-14(22)21-8-6-20(7-9-21)13-11(16)12(17-10-18-13)19-15(2,3)4/h10H,5-9,16H2,1-4H3,(H,17,18,19). The zero-order valence-electron chi connectivity index (χ0n) is 14.3. The Balaban J connectivity index is 2.06. The van der Waals surface area contributed by atoms with Gasteiger partial charge in [-0.1, -0.05) is 0 Å². The number of rotatable bonds is 3. The number of nitrogens with one attached hydrogen (secondary N) is 1. The van der Waals surface area contributed by atoms with Gasteiger partial charge in [-0.2, -0.15) is 0 Å².